The van der Waals surface area contributed by atoms with E-state index in [1.54, 1.807) is 24.5 Å². The second-order valence-electron chi connectivity index (χ2n) is 6.30. The fraction of sp³-hybridized carbons (Fsp3) is 0.250. The average molecular weight is 369 g/mol. The summed E-state index contributed by atoms with van der Waals surface area (Å²) in [6.45, 7) is 3.58. The van der Waals surface area contributed by atoms with Crippen molar-refractivity contribution in [2.24, 2.45) is 0 Å². The predicted molar refractivity (Wildman–Crippen MR) is 98.5 cm³/mol. The van der Waals surface area contributed by atoms with Gasteiger partial charge in [0.25, 0.3) is 5.91 Å². The molecule has 0 aliphatic rings. The van der Waals surface area contributed by atoms with Gasteiger partial charge in [-0.15, -0.1) is 0 Å². The van der Waals surface area contributed by atoms with Crippen molar-refractivity contribution in [3.05, 3.63) is 65.7 Å². The SMILES string of the molecule is CC(C)OC(=O)Cn1c(CNC(=O)c2ccccc2F)nc2ccccc21. The molecular formula is C20H20FN3O3. The maximum atomic E-state index is 13.8. The molecule has 2 aromatic carbocycles. The van der Waals surface area contributed by atoms with Gasteiger partial charge in [0.1, 0.15) is 18.2 Å². The molecule has 0 atom stereocenters. The summed E-state index contributed by atoms with van der Waals surface area (Å²) in [5.74, 6) is -1.04. The number of carbonyl (C=O) groups is 2. The van der Waals surface area contributed by atoms with Crippen LogP contribution in [-0.2, 0) is 22.6 Å². The van der Waals surface area contributed by atoms with Gasteiger partial charge >= 0.3 is 5.97 Å². The summed E-state index contributed by atoms with van der Waals surface area (Å²) in [6.07, 6.45) is -0.225. The van der Waals surface area contributed by atoms with E-state index in [0.29, 0.717) is 11.3 Å². The standard InChI is InChI=1S/C20H20FN3O3/c1-13(2)27-19(25)12-24-17-10-6-5-9-16(17)23-18(24)11-22-20(26)14-7-3-4-8-15(14)21/h3-10,13H,11-12H2,1-2H3,(H,22,26). The third-order valence-corrected chi connectivity index (χ3v) is 3.91. The van der Waals surface area contributed by atoms with Gasteiger partial charge < -0.3 is 14.6 Å². The van der Waals surface area contributed by atoms with Crippen molar-refractivity contribution in [2.45, 2.75) is 33.0 Å². The molecule has 1 N–H and O–H groups in total. The molecule has 1 amide bonds. The summed E-state index contributed by atoms with van der Waals surface area (Å²) in [4.78, 5) is 28.8. The van der Waals surface area contributed by atoms with Crippen LogP contribution in [0.3, 0.4) is 0 Å². The molecule has 0 aliphatic carbocycles. The van der Waals surface area contributed by atoms with Crippen LogP contribution in [0.15, 0.2) is 48.5 Å². The zero-order chi connectivity index (χ0) is 19.4. The lowest BCUT2D eigenvalue weighted by Crippen LogP contribution is -2.27. The van der Waals surface area contributed by atoms with Crippen LogP contribution in [0.5, 0.6) is 0 Å². The molecule has 0 fully saturated rings. The van der Waals surface area contributed by atoms with Gasteiger partial charge in [0.15, 0.2) is 0 Å². The van der Waals surface area contributed by atoms with Crippen LogP contribution in [0.2, 0.25) is 0 Å². The van der Waals surface area contributed by atoms with E-state index >= 15 is 0 Å². The van der Waals surface area contributed by atoms with Gasteiger partial charge in [0.05, 0.1) is 29.2 Å². The van der Waals surface area contributed by atoms with Crippen molar-refractivity contribution in [1.82, 2.24) is 14.9 Å². The summed E-state index contributed by atoms with van der Waals surface area (Å²) in [5, 5.41) is 2.66. The van der Waals surface area contributed by atoms with E-state index in [1.807, 2.05) is 24.3 Å². The summed E-state index contributed by atoms with van der Waals surface area (Å²) in [5.41, 5.74) is 1.41. The van der Waals surface area contributed by atoms with Gasteiger partial charge in [-0.2, -0.15) is 0 Å². The number of imidazole rings is 1. The van der Waals surface area contributed by atoms with Crippen LogP contribution in [0.1, 0.15) is 30.0 Å². The number of carbonyl (C=O) groups excluding carboxylic acids is 2. The maximum absolute atomic E-state index is 13.8. The van der Waals surface area contributed by atoms with Gasteiger partial charge in [-0.05, 0) is 38.1 Å². The summed E-state index contributed by atoms with van der Waals surface area (Å²) in [6, 6.07) is 13.1. The fourth-order valence-electron chi connectivity index (χ4n) is 2.77. The number of esters is 1. The number of fused-ring (bicyclic) bond motifs is 1. The molecule has 0 aliphatic heterocycles. The van der Waals surface area contributed by atoms with Crippen molar-refractivity contribution in [3.8, 4) is 0 Å². The van der Waals surface area contributed by atoms with E-state index in [2.05, 4.69) is 10.3 Å². The van der Waals surface area contributed by atoms with Crippen LogP contribution < -0.4 is 5.32 Å². The molecule has 3 rings (SSSR count). The third-order valence-electron chi connectivity index (χ3n) is 3.91. The molecular weight excluding hydrogens is 349 g/mol. The third kappa shape index (κ3) is 4.31. The first-order valence-corrected chi connectivity index (χ1v) is 8.62. The zero-order valence-electron chi connectivity index (χ0n) is 15.1. The quantitative estimate of drug-likeness (QED) is 0.678. The molecule has 0 spiro atoms. The molecule has 0 saturated carbocycles. The number of amides is 1. The lowest BCUT2D eigenvalue weighted by atomic mass is 10.2. The van der Waals surface area contributed by atoms with Gasteiger partial charge in [-0.3, -0.25) is 9.59 Å². The molecule has 1 heterocycles. The van der Waals surface area contributed by atoms with E-state index in [1.165, 1.54) is 18.2 Å². The topological polar surface area (TPSA) is 73.2 Å². The number of hydrogen-bond acceptors (Lipinski definition) is 4. The summed E-state index contributed by atoms with van der Waals surface area (Å²) >= 11 is 0. The Morgan fingerprint density at radius 3 is 2.59 bits per heavy atom. The summed E-state index contributed by atoms with van der Waals surface area (Å²) < 4.78 is 20.7. The lowest BCUT2D eigenvalue weighted by molar-refractivity contribution is -0.148. The molecule has 6 nitrogen and oxygen atoms in total. The van der Waals surface area contributed by atoms with Gasteiger partial charge in [0.2, 0.25) is 0 Å². The van der Waals surface area contributed by atoms with E-state index in [0.717, 1.165) is 5.52 Å². The first-order chi connectivity index (χ1) is 13.0. The van der Waals surface area contributed by atoms with Crippen molar-refractivity contribution in [3.63, 3.8) is 0 Å². The van der Waals surface area contributed by atoms with Crippen molar-refractivity contribution >= 4 is 22.9 Å². The molecule has 7 heteroatoms. The molecule has 0 bridgehead atoms. The number of rotatable bonds is 6. The highest BCUT2D eigenvalue weighted by Crippen LogP contribution is 2.17. The smallest absolute Gasteiger partial charge is 0.326 e. The van der Waals surface area contributed by atoms with Crippen LogP contribution in [-0.4, -0.2) is 27.5 Å². The minimum absolute atomic E-state index is 0.0242. The predicted octanol–water partition coefficient (Wildman–Crippen LogP) is 3.06. The zero-order valence-corrected chi connectivity index (χ0v) is 15.1. The van der Waals surface area contributed by atoms with Crippen LogP contribution in [0, 0.1) is 5.82 Å². The monoisotopic (exact) mass is 369 g/mol. The first kappa shape index (κ1) is 18.6. The van der Waals surface area contributed by atoms with Crippen molar-refractivity contribution in [2.75, 3.05) is 0 Å². The van der Waals surface area contributed by atoms with E-state index in [4.69, 9.17) is 4.74 Å². The highest BCUT2D eigenvalue weighted by molar-refractivity contribution is 5.94. The van der Waals surface area contributed by atoms with Crippen LogP contribution >= 0.6 is 0 Å². The van der Waals surface area contributed by atoms with Gasteiger partial charge in [-0.1, -0.05) is 24.3 Å². The number of hydrogen-bond donors (Lipinski definition) is 1. The number of nitrogens with one attached hydrogen (secondary N) is 1. The largest absolute Gasteiger partial charge is 0.462 e. The Balaban J connectivity index is 1.83. The minimum Gasteiger partial charge on any atom is -0.462 e. The highest BCUT2D eigenvalue weighted by atomic mass is 19.1. The number of para-hydroxylation sites is 2. The van der Waals surface area contributed by atoms with Crippen LogP contribution in [0.4, 0.5) is 4.39 Å². The Bertz CT molecular complexity index is 982. The second kappa shape index (κ2) is 7.99. The van der Waals surface area contributed by atoms with Gasteiger partial charge in [0, 0.05) is 0 Å². The Labute approximate surface area is 156 Å². The van der Waals surface area contributed by atoms with Crippen molar-refractivity contribution < 1.29 is 18.7 Å². The Morgan fingerprint density at radius 2 is 1.85 bits per heavy atom. The lowest BCUT2D eigenvalue weighted by Gasteiger charge is -2.12. The molecule has 0 saturated heterocycles. The van der Waals surface area contributed by atoms with E-state index in [9.17, 15) is 14.0 Å². The normalized spacial score (nSPS) is 11.0. The molecule has 140 valence electrons. The highest BCUT2D eigenvalue weighted by Gasteiger charge is 2.17. The van der Waals surface area contributed by atoms with E-state index < -0.39 is 17.7 Å². The Morgan fingerprint density at radius 1 is 1.15 bits per heavy atom. The molecule has 27 heavy (non-hydrogen) atoms. The fourth-order valence-corrected chi connectivity index (χ4v) is 2.77. The van der Waals surface area contributed by atoms with Crippen LogP contribution in [0.25, 0.3) is 11.0 Å². The summed E-state index contributed by atoms with van der Waals surface area (Å²) in [7, 11) is 0. The molecule has 3 aromatic rings. The first-order valence-electron chi connectivity index (χ1n) is 8.62. The number of aromatic nitrogens is 2. The molecule has 0 radical (unpaired) electrons. The van der Waals surface area contributed by atoms with E-state index in [-0.39, 0.29) is 24.8 Å². The molecule has 1 aromatic heterocycles. The number of nitrogens with zero attached hydrogens (tertiary/aromatic N) is 2. The number of halogens is 1. The molecule has 0 unspecified atom stereocenters. The number of benzene rings is 2. The maximum Gasteiger partial charge on any atom is 0.326 e. The average Bonchev–Trinajstić information content (AvgIpc) is 2.97. The second-order valence-corrected chi connectivity index (χ2v) is 6.30. The van der Waals surface area contributed by atoms with Crippen molar-refractivity contribution in [1.29, 1.82) is 0 Å². The van der Waals surface area contributed by atoms with Gasteiger partial charge in [-0.25, -0.2) is 9.37 Å². The minimum atomic E-state index is -0.594. The Kier molecular flexibility index (Phi) is 5.49. The Hall–Kier alpha value is -3.22. The number of ether oxygens (including phenoxy) is 1.